The zero-order chi connectivity index (χ0) is 72.2. The monoisotopic (exact) mass is 1470 g/mol. The summed E-state index contributed by atoms with van der Waals surface area (Å²) in [6, 6.07) is 161. The normalized spacial score (nSPS) is 17.0. The van der Waals surface area contributed by atoms with E-state index in [1.165, 1.54) is 0 Å². The summed E-state index contributed by atoms with van der Waals surface area (Å²) in [5.41, 5.74) is 0. The first kappa shape index (κ1) is 70.5. The van der Waals surface area contributed by atoms with Crippen LogP contribution in [0.25, 0.3) is 0 Å². The van der Waals surface area contributed by atoms with Gasteiger partial charge in [0.25, 0.3) is 41.6 Å². The van der Waals surface area contributed by atoms with Crippen LogP contribution in [0.1, 0.15) is 0 Å². The quantitative estimate of drug-likeness (QED) is 0.0455. The fourth-order valence-electron chi connectivity index (χ4n) is 16.4. The zero-order valence-corrected chi connectivity index (χ0v) is 64.3. The summed E-state index contributed by atoms with van der Waals surface area (Å²) in [5, 5.41) is 30.8. The highest BCUT2D eigenvalue weighted by molar-refractivity contribution is 7.10. The van der Waals surface area contributed by atoms with Gasteiger partial charge in [0.2, 0.25) is 0 Å². The highest BCUT2D eigenvalue weighted by atomic mass is 28.4. The van der Waals surface area contributed by atoms with Gasteiger partial charge in [0, 0.05) is 0 Å². The van der Waals surface area contributed by atoms with Gasteiger partial charge in [-0.2, -0.15) is 0 Å². The number of benzene rings is 15. The fraction of sp³-hybridized carbons (Fsp3) is 0.0625. The van der Waals surface area contributed by atoms with E-state index < -0.39 is 78.2 Å². The van der Waals surface area contributed by atoms with E-state index in [1.807, 2.05) is 0 Å². The van der Waals surface area contributed by atoms with Gasteiger partial charge >= 0.3 is 0 Å². The minimum atomic E-state index is -4.10. The van der Waals surface area contributed by atoms with Crippen LogP contribution in [0.3, 0.4) is 0 Å². The van der Waals surface area contributed by atoms with E-state index in [0.717, 1.165) is 77.8 Å². The second-order valence-corrected chi connectivity index (χ2v) is 43.9. The molecule has 1 fully saturated rings. The second-order valence-electron chi connectivity index (χ2n) is 27.3. The van der Waals surface area contributed by atoms with Crippen molar-refractivity contribution in [3.05, 3.63) is 455 Å². The van der Waals surface area contributed by atoms with Crippen molar-refractivity contribution < 1.29 is 27.2 Å². The van der Waals surface area contributed by atoms with E-state index in [4.69, 9.17) is 8.85 Å². The average molecular weight is 1470 g/mol. The van der Waals surface area contributed by atoms with Crippen LogP contribution in [0.5, 0.6) is 0 Å². The first-order valence-corrected chi connectivity index (χ1v) is 46.4. The molecular formula is C96H82O6Si5. The standard InChI is InChI=1S/C96H82O6Si5/c97-91-92(98-103(76-46-16-1-17-47-76,77-48-18-2-19-49-77)78-50-20-3-21-51-78)94(100-105(82-58-28-7-29-59-82,83-60-30-8-31-61-83)84-62-32-9-33-63-84)96(102-107(88-70-40-13-41-71-88,89-72-42-14-43-73-89)90-74-44-15-45-75-90)95(101-106(85-64-34-10-35-65-85,86-66-36-11-37-67-86)87-68-38-12-39-69-87)93(91)99-104(79-52-22-4-23-53-79,80-54-24-5-25-55-80)81-56-26-6-27-57-81/h1-75,91-97H/t91?,92-,93-,94-,95-,96?/m0/s1. The molecule has 15 aromatic rings. The Kier molecular flexibility index (Phi) is 21.1. The van der Waals surface area contributed by atoms with Gasteiger partial charge in [-0.1, -0.05) is 455 Å². The molecular weight excluding hydrogens is 1390 g/mol. The van der Waals surface area contributed by atoms with Gasteiger partial charge in [-0.3, -0.25) is 0 Å². The lowest BCUT2D eigenvalue weighted by Gasteiger charge is -2.57. The molecule has 1 saturated carbocycles. The maximum atomic E-state index is 16.1. The molecule has 1 aliphatic rings. The molecule has 0 amide bonds. The number of rotatable bonds is 25. The van der Waals surface area contributed by atoms with Crippen LogP contribution in [0, 0.1) is 0 Å². The van der Waals surface area contributed by atoms with E-state index in [9.17, 15) is 13.3 Å². The van der Waals surface area contributed by atoms with Crippen LogP contribution in [0.15, 0.2) is 455 Å². The second kappa shape index (κ2) is 32.1. The number of aliphatic hydroxyl groups excluding tert-OH is 1. The molecule has 15 aromatic carbocycles. The molecule has 107 heavy (non-hydrogen) atoms. The minimum absolute atomic E-state index is 0.973. The van der Waals surface area contributed by atoms with Gasteiger partial charge in [0.1, 0.15) is 36.6 Å². The van der Waals surface area contributed by atoms with Crippen molar-refractivity contribution in [2.45, 2.75) is 36.6 Å². The first-order valence-electron chi connectivity index (χ1n) is 36.9. The van der Waals surface area contributed by atoms with Crippen LogP contribution in [-0.4, -0.2) is 83.3 Å². The third kappa shape index (κ3) is 13.4. The smallest absolute Gasteiger partial charge is 0.288 e. The van der Waals surface area contributed by atoms with Crippen molar-refractivity contribution in [1.29, 1.82) is 0 Å². The van der Waals surface area contributed by atoms with Gasteiger partial charge < -0.3 is 27.2 Å². The maximum absolute atomic E-state index is 16.1. The van der Waals surface area contributed by atoms with E-state index in [0.29, 0.717) is 0 Å². The van der Waals surface area contributed by atoms with Crippen molar-refractivity contribution in [2.24, 2.45) is 0 Å². The van der Waals surface area contributed by atoms with E-state index in [1.54, 1.807) is 0 Å². The van der Waals surface area contributed by atoms with Crippen LogP contribution >= 0.6 is 0 Å². The average Bonchev–Trinajstić information content (AvgIpc) is 0.705. The Morgan fingerprint density at radius 1 is 0.131 bits per heavy atom. The molecule has 0 spiro atoms. The number of hydrogen-bond acceptors (Lipinski definition) is 6. The molecule has 0 heterocycles. The third-order valence-electron chi connectivity index (χ3n) is 21.2. The Morgan fingerprint density at radius 3 is 0.318 bits per heavy atom. The Labute approximate surface area is 633 Å². The van der Waals surface area contributed by atoms with E-state index in [2.05, 4.69) is 455 Å². The lowest BCUT2D eigenvalue weighted by atomic mass is 9.85. The molecule has 16 rings (SSSR count). The van der Waals surface area contributed by atoms with E-state index >= 15 is 5.11 Å². The zero-order valence-electron chi connectivity index (χ0n) is 59.3. The van der Waals surface area contributed by atoms with Crippen LogP contribution in [0.2, 0.25) is 0 Å². The highest BCUT2D eigenvalue weighted by Gasteiger charge is 2.65. The van der Waals surface area contributed by atoms with Crippen molar-refractivity contribution in [3.8, 4) is 0 Å². The molecule has 0 radical (unpaired) electrons. The summed E-state index contributed by atoms with van der Waals surface area (Å²) >= 11 is 0. The van der Waals surface area contributed by atoms with Crippen molar-refractivity contribution in [3.63, 3.8) is 0 Å². The first-order chi connectivity index (χ1) is 53.0. The lowest BCUT2D eigenvalue weighted by molar-refractivity contribution is -0.196. The maximum Gasteiger partial charge on any atom is 0.288 e. The van der Waals surface area contributed by atoms with Crippen molar-refractivity contribution >= 4 is 119 Å². The molecule has 4 atom stereocenters. The molecule has 522 valence electrons. The molecule has 11 heteroatoms. The fourth-order valence-corrected chi connectivity index (χ4v) is 36.8. The number of aliphatic hydroxyl groups is 1. The summed E-state index contributed by atoms with van der Waals surface area (Å²) in [4.78, 5) is 0. The lowest BCUT2D eigenvalue weighted by Crippen LogP contribution is -2.83. The summed E-state index contributed by atoms with van der Waals surface area (Å²) in [5.74, 6) is 0. The van der Waals surface area contributed by atoms with E-state index in [-0.39, 0.29) is 0 Å². The highest BCUT2D eigenvalue weighted by Crippen LogP contribution is 2.40. The van der Waals surface area contributed by atoms with Crippen molar-refractivity contribution in [2.75, 3.05) is 0 Å². The largest absolute Gasteiger partial charge is 0.396 e. The number of hydrogen-bond donors (Lipinski definition) is 1. The molecule has 1 N–H and O–H groups in total. The Morgan fingerprint density at radius 2 is 0.215 bits per heavy atom. The molecule has 1 aliphatic carbocycles. The SMILES string of the molecule is OC1[C@H](O[Si](c2ccccc2)(c2ccccc2)c2ccccc2)[C@H](O[Si](c2ccccc2)(c2ccccc2)c2ccccc2)C(O[Si](c2ccccc2)(c2ccccc2)c2ccccc2)[C@@H](O[Si](c2ccccc2)(c2ccccc2)c2ccccc2)[C@H]1O[Si](c1ccccc1)(c1ccccc1)c1ccccc1. The summed E-state index contributed by atoms with van der Waals surface area (Å²) in [6.07, 6.45) is -8.02. The van der Waals surface area contributed by atoms with Gasteiger partial charge in [0.05, 0.1) is 0 Å². The Bertz CT molecular complexity index is 4480. The Balaban J connectivity index is 1.12. The van der Waals surface area contributed by atoms with Gasteiger partial charge in [-0.15, -0.1) is 0 Å². The molecule has 0 saturated heterocycles. The Hall–Kier alpha value is -10.9. The van der Waals surface area contributed by atoms with Gasteiger partial charge in [-0.25, -0.2) is 0 Å². The molecule has 0 aliphatic heterocycles. The summed E-state index contributed by atoms with van der Waals surface area (Å²) in [7, 11) is -20.3. The molecule has 6 nitrogen and oxygen atoms in total. The van der Waals surface area contributed by atoms with Crippen LogP contribution < -0.4 is 77.8 Å². The predicted molar refractivity (Wildman–Crippen MR) is 450 cm³/mol. The molecule has 0 unspecified atom stereocenters. The van der Waals surface area contributed by atoms with Gasteiger partial charge in [0.15, 0.2) is 0 Å². The summed E-state index contributed by atoms with van der Waals surface area (Å²) in [6.45, 7) is 0. The third-order valence-corrected chi connectivity index (χ3v) is 41.6. The van der Waals surface area contributed by atoms with Crippen LogP contribution in [-0.2, 0) is 22.1 Å². The molecule has 0 aromatic heterocycles. The topological polar surface area (TPSA) is 66.4 Å². The van der Waals surface area contributed by atoms with Crippen LogP contribution in [0.4, 0.5) is 0 Å². The van der Waals surface area contributed by atoms with Crippen molar-refractivity contribution in [1.82, 2.24) is 0 Å². The summed E-state index contributed by atoms with van der Waals surface area (Å²) < 4.78 is 46.2. The minimum Gasteiger partial charge on any atom is -0.396 e. The van der Waals surface area contributed by atoms with Gasteiger partial charge in [-0.05, 0) is 77.8 Å². The molecule has 0 bridgehead atoms. The predicted octanol–water partition coefficient (Wildman–Crippen LogP) is 9.62.